The lowest BCUT2D eigenvalue weighted by Crippen LogP contribution is -2.38. The Hall–Kier alpha value is -1.00. The lowest BCUT2D eigenvalue weighted by molar-refractivity contribution is 0.175. The number of nitrogens with zero attached hydrogens (tertiary/aromatic N) is 2. The Labute approximate surface area is 103 Å². The van der Waals surface area contributed by atoms with E-state index in [9.17, 15) is 0 Å². The Morgan fingerprint density at radius 3 is 2.88 bits per heavy atom. The minimum absolute atomic E-state index is 0.218. The second kappa shape index (κ2) is 6.07. The van der Waals surface area contributed by atoms with Crippen LogP contribution in [0.4, 0.5) is 0 Å². The Morgan fingerprint density at radius 2 is 2.24 bits per heavy atom. The van der Waals surface area contributed by atoms with Crippen molar-refractivity contribution in [1.82, 2.24) is 15.6 Å². The molecular weight excluding hydrogens is 212 g/mol. The van der Waals surface area contributed by atoms with E-state index in [1.54, 1.807) is 6.20 Å². The predicted molar refractivity (Wildman–Crippen MR) is 67.8 cm³/mol. The number of hydrogen-bond acceptors (Lipinski definition) is 4. The van der Waals surface area contributed by atoms with Gasteiger partial charge in [-0.3, -0.25) is 11.3 Å². The molecule has 17 heavy (non-hydrogen) atoms. The van der Waals surface area contributed by atoms with Crippen LogP contribution in [0.15, 0.2) is 18.5 Å². The Balaban J connectivity index is 2.16. The molecule has 1 saturated carbocycles. The van der Waals surface area contributed by atoms with Gasteiger partial charge in [0.15, 0.2) is 0 Å². The number of hydrazine groups is 1. The van der Waals surface area contributed by atoms with Crippen LogP contribution in [-0.4, -0.2) is 10.2 Å². The highest BCUT2D eigenvalue weighted by Gasteiger charge is 2.31. The van der Waals surface area contributed by atoms with Gasteiger partial charge in [0.2, 0.25) is 0 Å². The molecule has 0 amide bonds. The van der Waals surface area contributed by atoms with E-state index in [1.165, 1.54) is 32.1 Å². The SMILES string of the molecule is CCC1CCCCC1C(NN)c1ccnnc1. The van der Waals surface area contributed by atoms with Crippen molar-refractivity contribution in [3.8, 4) is 0 Å². The molecule has 3 atom stereocenters. The molecule has 3 N–H and O–H groups in total. The normalized spacial score (nSPS) is 26.7. The second-order valence-corrected chi connectivity index (χ2v) is 4.94. The zero-order valence-corrected chi connectivity index (χ0v) is 10.5. The second-order valence-electron chi connectivity index (χ2n) is 4.94. The molecule has 0 radical (unpaired) electrons. The van der Waals surface area contributed by atoms with E-state index in [0.717, 1.165) is 11.5 Å². The molecule has 1 heterocycles. The van der Waals surface area contributed by atoms with Gasteiger partial charge in [0, 0.05) is 6.20 Å². The number of rotatable bonds is 4. The zero-order valence-electron chi connectivity index (χ0n) is 10.5. The first-order valence-corrected chi connectivity index (χ1v) is 6.59. The summed E-state index contributed by atoms with van der Waals surface area (Å²) in [5, 5.41) is 7.78. The van der Waals surface area contributed by atoms with E-state index >= 15 is 0 Å². The van der Waals surface area contributed by atoms with E-state index in [1.807, 2.05) is 12.3 Å². The van der Waals surface area contributed by atoms with Crippen molar-refractivity contribution < 1.29 is 0 Å². The summed E-state index contributed by atoms with van der Waals surface area (Å²) in [5.41, 5.74) is 4.14. The lowest BCUT2D eigenvalue weighted by Gasteiger charge is -2.36. The van der Waals surface area contributed by atoms with Gasteiger partial charge in [0.05, 0.1) is 12.2 Å². The van der Waals surface area contributed by atoms with Gasteiger partial charge in [-0.05, 0) is 29.9 Å². The van der Waals surface area contributed by atoms with Crippen LogP contribution in [0.5, 0.6) is 0 Å². The molecule has 0 aliphatic heterocycles. The Morgan fingerprint density at radius 1 is 1.41 bits per heavy atom. The van der Waals surface area contributed by atoms with Gasteiger partial charge in [0.1, 0.15) is 0 Å². The van der Waals surface area contributed by atoms with Crippen molar-refractivity contribution in [2.75, 3.05) is 0 Å². The predicted octanol–water partition coefficient (Wildman–Crippen LogP) is 2.20. The van der Waals surface area contributed by atoms with Crippen LogP contribution in [0.3, 0.4) is 0 Å². The van der Waals surface area contributed by atoms with Crippen molar-refractivity contribution in [3.05, 3.63) is 24.0 Å². The van der Waals surface area contributed by atoms with Crippen LogP contribution in [-0.2, 0) is 0 Å². The van der Waals surface area contributed by atoms with Gasteiger partial charge < -0.3 is 0 Å². The van der Waals surface area contributed by atoms with Crippen LogP contribution in [0.25, 0.3) is 0 Å². The van der Waals surface area contributed by atoms with Gasteiger partial charge in [0.25, 0.3) is 0 Å². The highest BCUT2D eigenvalue weighted by Crippen LogP contribution is 2.39. The minimum atomic E-state index is 0.218. The summed E-state index contributed by atoms with van der Waals surface area (Å²) in [5.74, 6) is 7.16. The molecule has 1 aromatic rings. The van der Waals surface area contributed by atoms with E-state index in [0.29, 0.717) is 5.92 Å². The first-order chi connectivity index (χ1) is 8.36. The number of hydrogen-bond donors (Lipinski definition) is 2. The molecule has 0 aromatic carbocycles. The average Bonchev–Trinajstić information content (AvgIpc) is 2.41. The van der Waals surface area contributed by atoms with E-state index < -0.39 is 0 Å². The Bertz CT molecular complexity index is 327. The third-order valence-corrected chi connectivity index (χ3v) is 4.07. The quantitative estimate of drug-likeness (QED) is 0.619. The van der Waals surface area contributed by atoms with Gasteiger partial charge >= 0.3 is 0 Å². The van der Waals surface area contributed by atoms with Gasteiger partial charge in [-0.2, -0.15) is 10.2 Å². The summed E-state index contributed by atoms with van der Waals surface area (Å²) in [6, 6.07) is 2.23. The highest BCUT2D eigenvalue weighted by atomic mass is 15.2. The number of nitrogens with one attached hydrogen (secondary N) is 1. The van der Waals surface area contributed by atoms with E-state index in [4.69, 9.17) is 5.84 Å². The molecule has 1 aliphatic carbocycles. The van der Waals surface area contributed by atoms with Crippen molar-refractivity contribution in [3.63, 3.8) is 0 Å². The molecule has 4 nitrogen and oxygen atoms in total. The maximum absolute atomic E-state index is 5.75. The van der Waals surface area contributed by atoms with Crippen molar-refractivity contribution >= 4 is 0 Å². The molecule has 3 unspecified atom stereocenters. The smallest absolute Gasteiger partial charge is 0.0544 e. The van der Waals surface area contributed by atoms with E-state index in [2.05, 4.69) is 22.5 Å². The first-order valence-electron chi connectivity index (χ1n) is 6.59. The van der Waals surface area contributed by atoms with Gasteiger partial charge in [-0.15, -0.1) is 0 Å². The molecule has 0 bridgehead atoms. The monoisotopic (exact) mass is 234 g/mol. The van der Waals surface area contributed by atoms with Crippen LogP contribution >= 0.6 is 0 Å². The van der Waals surface area contributed by atoms with Crippen LogP contribution in [0, 0.1) is 11.8 Å². The van der Waals surface area contributed by atoms with Crippen molar-refractivity contribution in [1.29, 1.82) is 0 Å². The summed E-state index contributed by atoms with van der Waals surface area (Å²) < 4.78 is 0. The third kappa shape index (κ3) is 2.82. The number of aromatic nitrogens is 2. The summed E-state index contributed by atoms with van der Waals surface area (Å²) in [4.78, 5) is 0. The van der Waals surface area contributed by atoms with Crippen LogP contribution < -0.4 is 11.3 Å². The zero-order chi connectivity index (χ0) is 12.1. The fourth-order valence-corrected chi connectivity index (χ4v) is 3.13. The summed E-state index contributed by atoms with van der Waals surface area (Å²) >= 11 is 0. The van der Waals surface area contributed by atoms with E-state index in [-0.39, 0.29) is 6.04 Å². The fourth-order valence-electron chi connectivity index (χ4n) is 3.13. The molecule has 0 saturated heterocycles. The lowest BCUT2D eigenvalue weighted by atomic mass is 9.73. The number of nitrogens with two attached hydrogens (primary N) is 1. The standard InChI is InChI=1S/C13H22N4/c1-2-10-5-3-4-6-12(10)13(17-14)11-7-8-15-16-9-11/h7-10,12-13,17H,2-6,14H2,1H3. The average molecular weight is 234 g/mol. The summed E-state index contributed by atoms with van der Waals surface area (Å²) in [6.45, 7) is 2.28. The molecule has 1 aromatic heterocycles. The molecule has 2 rings (SSSR count). The maximum Gasteiger partial charge on any atom is 0.0544 e. The first kappa shape index (κ1) is 12.5. The summed E-state index contributed by atoms with van der Waals surface area (Å²) in [6.07, 6.45) is 10.1. The molecule has 94 valence electrons. The fraction of sp³-hybridized carbons (Fsp3) is 0.692. The van der Waals surface area contributed by atoms with Crippen molar-refractivity contribution in [2.45, 2.75) is 45.1 Å². The largest absolute Gasteiger partial charge is 0.271 e. The van der Waals surface area contributed by atoms with Crippen LogP contribution in [0.1, 0.15) is 50.6 Å². The topological polar surface area (TPSA) is 63.8 Å². The molecule has 1 fully saturated rings. The highest BCUT2D eigenvalue weighted by molar-refractivity contribution is 5.13. The maximum atomic E-state index is 5.75. The molecule has 1 aliphatic rings. The van der Waals surface area contributed by atoms with Gasteiger partial charge in [-0.1, -0.05) is 32.6 Å². The minimum Gasteiger partial charge on any atom is -0.271 e. The van der Waals surface area contributed by atoms with Crippen LogP contribution in [0.2, 0.25) is 0 Å². The van der Waals surface area contributed by atoms with Crippen molar-refractivity contribution in [2.24, 2.45) is 17.7 Å². The molecular formula is C13H22N4. The molecule has 4 heteroatoms. The molecule has 0 spiro atoms. The summed E-state index contributed by atoms with van der Waals surface area (Å²) in [7, 11) is 0. The third-order valence-electron chi connectivity index (χ3n) is 4.07. The van der Waals surface area contributed by atoms with Gasteiger partial charge in [-0.25, -0.2) is 0 Å². The Kier molecular flexibility index (Phi) is 4.45.